The van der Waals surface area contributed by atoms with Gasteiger partial charge in [-0.25, -0.2) is 4.98 Å². The van der Waals surface area contributed by atoms with E-state index in [1.165, 1.54) is 69.7 Å². The van der Waals surface area contributed by atoms with Crippen molar-refractivity contribution >= 4 is 0 Å². The number of aromatic nitrogens is 2. The van der Waals surface area contributed by atoms with Crippen LogP contribution in [0.4, 0.5) is 0 Å². The Hall–Kier alpha value is -1.65. The molecule has 4 nitrogen and oxygen atoms in total. The van der Waals surface area contributed by atoms with Crippen LogP contribution in [0.25, 0.3) is 0 Å². The van der Waals surface area contributed by atoms with E-state index in [0.717, 1.165) is 12.6 Å². The summed E-state index contributed by atoms with van der Waals surface area (Å²) in [4.78, 5) is 13.2. The van der Waals surface area contributed by atoms with Gasteiger partial charge in [-0.1, -0.05) is 30.3 Å². The minimum atomic E-state index is 0.512. The van der Waals surface area contributed by atoms with E-state index in [2.05, 4.69) is 57.0 Å². The van der Waals surface area contributed by atoms with Crippen molar-refractivity contribution in [2.45, 2.75) is 57.5 Å². The zero-order chi connectivity index (χ0) is 18.3. The summed E-state index contributed by atoms with van der Waals surface area (Å²) in [5, 5.41) is 0. The molecule has 3 heterocycles. The Bertz CT molecular complexity index is 756. The molecule has 27 heavy (non-hydrogen) atoms. The molecule has 1 atom stereocenters. The lowest BCUT2D eigenvalue weighted by Gasteiger charge is -2.50. The highest BCUT2D eigenvalue weighted by atomic mass is 15.2. The Labute approximate surface area is 163 Å². The molecule has 1 aliphatic carbocycles. The molecular weight excluding hydrogens is 332 g/mol. The molecule has 5 rings (SSSR count). The van der Waals surface area contributed by atoms with E-state index >= 15 is 0 Å². The van der Waals surface area contributed by atoms with E-state index in [9.17, 15) is 0 Å². The fourth-order valence-corrected chi connectivity index (χ4v) is 5.40. The molecule has 144 valence electrons. The third-order valence-corrected chi connectivity index (χ3v) is 7.23. The molecule has 0 bridgehead atoms. The van der Waals surface area contributed by atoms with Crippen molar-refractivity contribution in [2.75, 3.05) is 26.2 Å². The fraction of sp³-hybridized carbons (Fsp3) is 0.609. The Balaban J connectivity index is 1.29. The van der Waals surface area contributed by atoms with Gasteiger partial charge in [0.2, 0.25) is 0 Å². The van der Waals surface area contributed by atoms with Gasteiger partial charge in [-0.15, -0.1) is 0 Å². The van der Waals surface area contributed by atoms with Gasteiger partial charge in [-0.3, -0.25) is 9.80 Å². The molecule has 1 N–H and O–H groups in total. The number of aromatic amines is 1. The lowest BCUT2D eigenvalue weighted by molar-refractivity contribution is 0.00802. The van der Waals surface area contributed by atoms with Gasteiger partial charge < -0.3 is 4.98 Å². The first-order chi connectivity index (χ1) is 13.2. The Morgan fingerprint density at radius 3 is 2.59 bits per heavy atom. The number of imidazole rings is 1. The maximum atomic E-state index is 4.50. The number of nitrogens with zero attached hydrogens (tertiary/aromatic N) is 3. The second-order valence-electron chi connectivity index (χ2n) is 9.22. The first kappa shape index (κ1) is 17.4. The lowest BCUT2D eigenvalue weighted by atomic mass is 9.68. The summed E-state index contributed by atoms with van der Waals surface area (Å²) in [6.45, 7) is 8.16. The van der Waals surface area contributed by atoms with Crippen molar-refractivity contribution in [1.82, 2.24) is 19.8 Å². The largest absolute Gasteiger partial charge is 0.348 e. The molecule has 2 saturated heterocycles. The molecule has 0 radical (unpaired) electrons. The van der Waals surface area contributed by atoms with Crippen LogP contribution in [0.5, 0.6) is 0 Å². The number of likely N-dealkylation sites (tertiary alicyclic amines) is 2. The van der Waals surface area contributed by atoms with Gasteiger partial charge in [-0.2, -0.15) is 0 Å². The van der Waals surface area contributed by atoms with Crippen LogP contribution in [-0.2, 0) is 6.54 Å². The summed E-state index contributed by atoms with van der Waals surface area (Å²) in [6.07, 6.45) is 8.71. The van der Waals surface area contributed by atoms with Gasteiger partial charge in [0.1, 0.15) is 0 Å². The van der Waals surface area contributed by atoms with Gasteiger partial charge in [0.25, 0.3) is 0 Å². The summed E-state index contributed by atoms with van der Waals surface area (Å²) < 4.78 is 0. The monoisotopic (exact) mass is 364 g/mol. The number of nitrogens with one attached hydrogen (secondary N) is 1. The zero-order valence-electron chi connectivity index (χ0n) is 16.5. The number of hydrogen-bond acceptors (Lipinski definition) is 3. The molecule has 3 fully saturated rings. The van der Waals surface area contributed by atoms with Crippen LogP contribution in [0.1, 0.15) is 55.0 Å². The number of piperidine rings is 2. The summed E-state index contributed by atoms with van der Waals surface area (Å²) in [6, 6.07) is 12.2. The van der Waals surface area contributed by atoms with Crippen LogP contribution in [0.3, 0.4) is 0 Å². The Morgan fingerprint density at radius 1 is 1.15 bits per heavy atom. The minimum Gasteiger partial charge on any atom is -0.348 e. The van der Waals surface area contributed by atoms with E-state index in [4.69, 9.17) is 0 Å². The average molecular weight is 365 g/mol. The van der Waals surface area contributed by atoms with E-state index in [1.54, 1.807) is 5.56 Å². The zero-order valence-corrected chi connectivity index (χ0v) is 16.5. The van der Waals surface area contributed by atoms with Crippen LogP contribution in [0.15, 0.2) is 36.7 Å². The first-order valence-corrected chi connectivity index (χ1v) is 10.7. The van der Waals surface area contributed by atoms with Crippen LogP contribution >= 0.6 is 0 Å². The normalized spacial score (nSPS) is 26.5. The topological polar surface area (TPSA) is 35.2 Å². The predicted molar refractivity (Wildman–Crippen MR) is 109 cm³/mol. The van der Waals surface area contributed by atoms with E-state index in [1.807, 2.05) is 6.33 Å². The Morgan fingerprint density at radius 2 is 1.93 bits per heavy atom. The number of benzene rings is 1. The maximum Gasteiger partial charge on any atom is 0.0925 e. The first-order valence-electron chi connectivity index (χ1n) is 10.7. The molecule has 4 heteroatoms. The predicted octanol–water partition coefficient (Wildman–Crippen LogP) is 3.95. The standard InChI is InChI=1S/C23H32N4/c1-18-22(25-17-24-18)15-26-11-9-23(10-12-26)13-20(19-5-3-2-4-6-19)14-27(16-23)21-7-8-21/h2-6,17,20-21H,7-16H2,1H3,(H,24,25)/t20-/m1/s1. The molecule has 2 aromatic rings. The van der Waals surface area contributed by atoms with Gasteiger partial charge in [0.05, 0.1) is 12.0 Å². The quantitative estimate of drug-likeness (QED) is 0.892. The van der Waals surface area contributed by atoms with Crippen LogP contribution in [0.2, 0.25) is 0 Å². The van der Waals surface area contributed by atoms with E-state index in [0.29, 0.717) is 11.3 Å². The van der Waals surface area contributed by atoms with Crippen LogP contribution in [-0.4, -0.2) is 52.0 Å². The van der Waals surface area contributed by atoms with Gasteiger partial charge in [0.15, 0.2) is 0 Å². The summed E-state index contributed by atoms with van der Waals surface area (Å²) in [5.74, 6) is 0.709. The van der Waals surface area contributed by atoms with Crippen molar-refractivity contribution in [2.24, 2.45) is 5.41 Å². The van der Waals surface area contributed by atoms with Crippen molar-refractivity contribution in [3.63, 3.8) is 0 Å². The van der Waals surface area contributed by atoms with Crippen LogP contribution < -0.4 is 0 Å². The lowest BCUT2D eigenvalue weighted by Crippen LogP contribution is -2.52. The molecule has 1 spiro atoms. The SMILES string of the molecule is Cc1[nH]cnc1CN1CCC2(CC1)C[C@@H](c1ccccc1)CN(C1CC1)C2. The van der Waals surface area contributed by atoms with Crippen molar-refractivity contribution in [3.8, 4) is 0 Å². The highest BCUT2D eigenvalue weighted by Gasteiger charge is 2.45. The molecule has 1 aromatic carbocycles. The van der Waals surface area contributed by atoms with Crippen molar-refractivity contribution in [1.29, 1.82) is 0 Å². The number of aryl methyl sites for hydroxylation is 1. The minimum absolute atomic E-state index is 0.512. The molecule has 3 aliphatic rings. The smallest absolute Gasteiger partial charge is 0.0925 e. The number of hydrogen-bond donors (Lipinski definition) is 1. The van der Waals surface area contributed by atoms with Crippen molar-refractivity contribution in [3.05, 3.63) is 53.6 Å². The molecule has 2 aliphatic heterocycles. The molecule has 1 saturated carbocycles. The van der Waals surface area contributed by atoms with Crippen molar-refractivity contribution < 1.29 is 0 Å². The third kappa shape index (κ3) is 3.70. The Kier molecular flexibility index (Phi) is 4.57. The number of H-pyrrole nitrogens is 1. The highest BCUT2D eigenvalue weighted by Crippen LogP contribution is 2.47. The molecular formula is C23H32N4. The average Bonchev–Trinajstić information content (AvgIpc) is 3.48. The summed E-state index contributed by atoms with van der Waals surface area (Å²) in [5.41, 5.74) is 4.50. The van der Waals surface area contributed by atoms with Gasteiger partial charge in [0, 0.05) is 31.4 Å². The second-order valence-corrected chi connectivity index (χ2v) is 9.22. The summed E-state index contributed by atoms with van der Waals surface area (Å²) >= 11 is 0. The maximum absolute atomic E-state index is 4.50. The molecule has 0 unspecified atom stereocenters. The van der Waals surface area contributed by atoms with E-state index < -0.39 is 0 Å². The number of rotatable bonds is 4. The summed E-state index contributed by atoms with van der Waals surface area (Å²) in [7, 11) is 0. The van der Waals surface area contributed by atoms with E-state index in [-0.39, 0.29) is 0 Å². The third-order valence-electron chi connectivity index (χ3n) is 7.23. The van der Waals surface area contributed by atoms with Gasteiger partial charge in [-0.05, 0) is 69.0 Å². The van der Waals surface area contributed by atoms with Gasteiger partial charge >= 0.3 is 0 Å². The molecule has 0 amide bonds. The second kappa shape index (κ2) is 7.06. The fourth-order valence-electron chi connectivity index (χ4n) is 5.40. The van der Waals surface area contributed by atoms with Crippen LogP contribution in [0, 0.1) is 12.3 Å². The molecule has 1 aromatic heterocycles. The highest BCUT2D eigenvalue weighted by molar-refractivity contribution is 5.22.